The van der Waals surface area contributed by atoms with E-state index in [0.717, 1.165) is 35.3 Å². The summed E-state index contributed by atoms with van der Waals surface area (Å²) in [5, 5.41) is 0. The van der Waals surface area contributed by atoms with E-state index >= 15 is 0 Å². The van der Waals surface area contributed by atoms with Crippen molar-refractivity contribution in [3.05, 3.63) is 89.7 Å². The summed E-state index contributed by atoms with van der Waals surface area (Å²) < 4.78 is 74.6. The van der Waals surface area contributed by atoms with Crippen molar-refractivity contribution >= 4 is 26.7 Å². The van der Waals surface area contributed by atoms with Crippen LogP contribution in [0.2, 0.25) is 0 Å². The van der Waals surface area contributed by atoms with Crippen LogP contribution in [0, 0.1) is 0 Å². The first-order valence-corrected chi connectivity index (χ1v) is 15.8. The van der Waals surface area contributed by atoms with Gasteiger partial charge in [0, 0.05) is 38.4 Å². The summed E-state index contributed by atoms with van der Waals surface area (Å²) >= 11 is 0. The molecule has 1 aliphatic heterocycles. The largest absolute Gasteiger partial charge is 0.483 e. The SMILES string of the molecule is CCCCS(=O)(=O)N1CCN(c2ccc3nc(C(C)Oc4ccccc4)n(Cc4ccc(C(F)(F)F)cc4)c3c2)CC1. The molecule has 0 N–H and O–H groups in total. The number of halogens is 3. The molecule has 11 heteroatoms. The number of piperazine rings is 1. The minimum absolute atomic E-state index is 0.171. The minimum Gasteiger partial charge on any atom is -0.483 e. The van der Waals surface area contributed by atoms with Gasteiger partial charge in [0.15, 0.2) is 11.9 Å². The third kappa shape index (κ3) is 6.73. The topological polar surface area (TPSA) is 67.7 Å². The van der Waals surface area contributed by atoms with E-state index in [0.29, 0.717) is 56.3 Å². The second-order valence-electron chi connectivity index (χ2n) is 10.6. The lowest BCUT2D eigenvalue weighted by molar-refractivity contribution is -0.137. The second kappa shape index (κ2) is 12.3. The first-order valence-electron chi connectivity index (χ1n) is 14.2. The van der Waals surface area contributed by atoms with E-state index in [1.807, 2.05) is 66.9 Å². The second-order valence-corrected chi connectivity index (χ2v) is 12.6. The van der Waals surface area contributed by atoms with Crippen LogP contribution < -0.4 is 9.64 Å². The lowest BCUT2D eigenvalue weighted by Crippen LogP contribution is -2.49. The van der Waals surface area contributed by atoms with Gasteiger partial charge in [-0.3, -0.25) is 0 Å². The summed E-state index contributed by atoms with van der Waals surface area (Å²) in [6, 6.07) is 20.5. The maximum Gasteiger partial charge on any atom is 0.416 e. The van der Waals surface area contributed by atoms with Crippen LogP contribution in [-0.4, -0.2) is 54.2 Å². The Morgan fingerprint density at radius 3 is 2.29 bits per heavy atom. The van der Waals surface area contributed by atoms with E-state index in [2.05, 4.69) is 4.90 Å². The van der Waals surface area contributed by atoms with Crippen LogP contribution in [0.3, 0.4) is 0 Å². The van der Waals surface area contributed by atoms with E-state index in [1.54, 1.807) is 4.31 Å². The van der Waals surface area contributed by atoms with E-state index in [-0.39, 0.29) is 5.75 Å². The van der Waals surface area contributed by atoms with Gasteiger partial charge >= 0.3 is 6.18 Å². The number of imidazole rings is 1. The zero-order valence-corrected chi connectivity index (χ0v) is 24.5. The third-order valence-electron chi connectivity index (χ3n) is 7.56. The zero-order valence-electron chi connectivity index (χ0n) is 23.7. The van der Waals surface area contributed by atoms with Crippen LogP contribution in [-0.2, 0) is 22.7 Å². The zero-order chi connectivity index (χ0) is 29.9. The fourth-order valence-corrected chi connectivity index (χ4v) is 6.85. The van der Waals surface area contributed by atoms with E-state index in [4.69, 9.17) is 9.72 Å². The number of benzene rings is 3. The van der Waals surface area contributed by atoms with Gasteiger partial charge < -0.3 is 14.2 Å². The summed E-state index contributed by atoms with van der Waals surface area (Å²) in [5.74, 6) is 1.51. The maximum atomic E-state index is 13.2. The molecular formula is C31H35F3N4O3S. The third-order valence-corrected chi connectivity index (χ3v) is 9.51. The molecule has 3 aromatic carbocycles. The summed E-state index contributed by atoms with van der Waals surface area (Å²) in [4.78, 5) is 7.03. The predicted octanol–water partition coefficient (Wildman–Crippen LogP) is 6.50. The van der Waals surface area contributed by atoms with Gasteiger partial charge in [-0.15, -0.1) is 0 Å². The number of alkyl halides is 3. The standard InChI is InChI=1S/C31H35F3N4O3S/c1-3-4-20-42(39,40)37-18-16-36(17-19-37)26-14-15-28-29(21-26)38(22-24-10-12-25(13-11-24)31(32,33)34)30(35-28)23(2)41-27-8-6-5-7-9-27/h5-15,21,23H,3-4,16-20,22H2,1-2H3. The summed E-state index contributed by atoms with van der Waals surface area (Å²) in [6.07, 6.45) is -3.36. The van der Waals surface area contributed by atoms with Crippen molar-refractivity contribution in [2.24, 2.45) is 0 Å². The number of anilines is 1. The molecule has 4 aromatic rings. The van der Waals surface area contributed by atoms with Gasteiger partial charge in [-0.1, -0.05) is 43.7 Å². The number of para-hydroxylation sites is 1. The highest BCUT2D eigenvalue weighted by Crippen LogP contribution is 2.32. The molecule has 0 bridgehead atoms. The number of hydrogen-bond acceptors (Lipinski definition) is 5. The van der Waals surface area contributed by atoms with E-state index in [9.17, 15) is 21.6 Å². The quantitative estimate of drug-likeness (QED) is 0.208. The van der Waals surface area contributed by atoms with Crippen molar-refractivity contribution in [3.63, 3.8) is 0 Å². The lowest BCUT2D eigenvalue weighted by atomic mass is 10.1. The van der Waals surface area contributed by atoms with Crippen LogP contribution >= 0.6 is 0 Å². The number of hydrogen-bond donors (Lipinski definition) is 0. The first kappa shape index (κ1) is 29.9. The maximum absolute atomic E-state index is 13.2. The number of rotatable bonds is 10. The Kier molecular flexibility index (Phi) is 8.79. The van der Waals surface area contributed by atoms with Crippen LogP contribution in [0.5, 0.6) is 5.75 Å². The average Bonchev–Trinajstić information content (AvgIpc) is 3.34. The summed E-state index contributed by atoms with van der Waals surface area (Å²) in [6.45, 7) is 6.14. The van der Waals surface area contributed by atoms with Crippen LogP contribution in [0.15, 0.2) is 72.8 Å². The van der Waals surface area contributed by atoms with Crippen LogP contribution in [0.25, 0.3) is 11.0 Å². The van der Waals surface area contributed by atoms with Crippen LogP contribution in [0.4, 0.5) is 18.9 Å². The summed E-state index contributed by atoms with van der Waals surface area (Å²) in [5.41, 5.74) is 2.51. The molecule has 224 valence electrons. The molecule has 2 heterocycles. The number of aromatic nitrogens is 2. The van der Waals surface area contributed by atoms with Gasteiger partial charge in [-0.2, -0.15) is 17.5 Å². The monoisotopic (exact) mass is 600 g/mol. The lowest BCUT2D eigenvalue weighted by Gasteiger charge is -2.35. The molecule has 0 radical (unpaired) electrons. The average molecular weight is 601 g/mol. The Labute approximate surface area is 244 Å². The van der Waals surface area contributed by atoms with E-state index < -0.39 is 27.9 Å². The molecule has 1 aromatic heterocycles. The molecule has 0 spiro atoms. The molecule has 1 fully saturated rings. The van der Waals surface area contributed by atoms with Gasteiger partial charge in [0.25, 0.3) is 0 Å². The number of sulfonamides is 1. The van der Waals surface area contributed by atoms with Gasteiger partial charge in [0.1, 0.15) is 5.75 Å². The molecule has 1 saturated heterocycles. The highest BCUT2D eigenvalue weighted by Gasteiger charge is 2.30. The molecule has 0 aliphatic carbocycles. The Morgan fingerprint density at radius 2 is 1.64 bits per heavy atom. The Hall–Kier alpha value is -3.57. The van der Waals surface area contributed by atoms with Gasteiger partial charge in [-0.05, 0) is 61.4 Å². The van der Waals surface area contributed by atoms with Crippen molar-refractivity contribution in [1.29, 1.82) is 0 Å². The molecule has 1 unspecified atom stereocenters. The van der Waals surface area contributed by atoms with Gasteiger partial charge in [0.05, 0.1) is 22.3 Å². The van der Waals surface area contributed by atoms with Gasteiger partial charge in [-0.25, -0.2) is 13.4 Å². The molecule has 0 saturated carbocycles. The number of ether oxygens (including phenoxy) is 1. The number of nitrogens with zero attached hydrogens (tertiary/aromatic N) is 4. The highest BCUT2D eigenvalue weighted by atomic mass is 32.2. The van der Waals surface area contributed by atoms with Crippen molar-refractivity contribution in [1.82, 2.24) is 13.9 Å². The molecule has 1 atom stereocenters. The highest BCUT2D eigenvalue weighted by molar-refractivity contribution is 7.89. The molecule has 0 amide bonds. The first-order chi connectivity index (χ1) is 20.0. The summed E-state index contributed by atoms with van der Waals surface area (Å²) in [7, 11) is -3.26. The van der Waals surface area contributed by atoms with Crippen LogP contribution in [0.1, 0.15) is 49.7 Å². The van der Waals surface area contributed by atoms with E-state index in [1.165, 1.54) is 12.1 Å². The molecule has 7 nitrogen and oxygen atoms in total. The molecule has 5 rings (SSSR count). The minimum atomic E-state index is -4.41. The predicted molar refractivity (Wildman–Crippen MR) is 158 cm³/mol. The van der Waals surface area contributed by atoms with Crippen molar-refractivity contribution < 1.29 is 26.3 Å². The fraction of sp³-hybridized carbons (Fsp3) is 0.387. The van der Waals surface area contributed by atoms with Crippen molar-refractivity contribution in [3.8, 4) is 5.75 Å². The Bertz CT molecular complexity index is 1600. The van der Waals surface area contributed by atoms with Gasteiger partial charge in [0.2, 0.25) is 10.0 Å². The number of unbranched alkanes of at least 4 members (excludes halogenated alkanes) is 1. The molecular weight excluding hydrogens is 565 g/mol. The van der Waals surface area contributed by atoms with Crippen molar-refractivity contribution in [2.75, 3.05) is 36.8 Å². The Balaban J connectivity index is 1.44. The molecule has 42 heavy (non-hydrogen) atoms. The normalized spacial score (nSPS) is 15.7. The number of fused-ring (bicyclic) bond motifs is 1. The Morgan fingerprint density at radius 1 is 0.952 bits per heavy atom. The fourth-order valence-electron chi connectivity index (χ4n) is 5.22. The molecule has 1 aliphatic rings. The smallest absolute Gasteiger partial charge is 0.416 e. The van der Waals surface area contributed by atoms with Crippen molar-refractivity contribution in [2.45, 2.75) is 45.5 Å².